The van der Waals surface area contributed by atoms with Crippen LogP contribution in [0.3, 0.4) is 0 Å². The van der Waals surface area contributed by atoms with Crippen molar-refractivity contribution in [2.75, 3.05) is 14.1 Å². The SMILES string of the molecule is CN(C)C(=O)c1ccc(CNC(=O)c2c(F)cccc2F)cc1. The fourth-order valence-corrected chi connectivity index (χ4v) is 2.01. The summed E-state index contributed by atoms with van der Waals surface area (Å²) in [4.78, 5) is 25.1. The molecule has 0 fully saturated rings. The molecule has 0 saturated carbocycles. The van der Waals surface area contributed by atoms with Gasteiger partial charge in [-0.25, -0.2) is 8.78 Å². The Morgan fingerprint density at radius 1 is 1.00 bits per heavy atom. The standard InChI is InChI=1S/C17H16F2N2O2/c1-21(2)17(23)12-8-6-11(7-9-12)10-20-16(22)15-13(18)4-3-5-14(15)19/h3-9H,10H2,1-2H3,(H,20,22). The first-order valence-corrected chi connectivity index (χ1v) is 6.93. The predicted octanol–water partition coefficient (Wildman–Crippen LogP) is 2.60. The lowest BCUT2D eigenvalue weighted by Crippen LogP contribution is -2.25. The molecule has 2 rings (SSSR count). The van der Waals surface area contributed by atoms with Crippen LogP contribution in [0.5, 0.6) is 0 Å². The van der Waals surface area contributed by atoms with E-state index in [1.54, 1.807) is 38.4 Å². The molecule has 2 aromatic rings. The van der Waals surface area contributed by atoms with Crippen molar-refractivity contribution in [1.82, 2.24) is 10.2 Å². The maximum atomic E-state index is 13.5. The van der Waals surface area contributed by atoms with Crippen LogP contribution in [0, 0.1) is 11.6 Å². The van der Waals surface area contributed by atoms with Gasteiger partial charge >= 0.3 is 0 Å². The third-order valence-corrected chi connectivity index (χ3v) is 3.25. The summed E-state index contributed by atoms with van der Waals surface area (Å²) in [7, 11) is 3.30. The molecule has 2 aromatic carbocycles. The van der Waals surface area contributed by atoms with Crippen molar-refractivity contribution in [3.05, 3.63) is 70.8 Å². The third-order valence-electron chi connectivity index (χ3n) is 3.25. The van der Waals surface area contributed by atoms with E-state index < -0.39 is 23.1 Å². The number of amides is 2. The van der Waals surface area contributed by atoms with Gasteiger partial charge in [0.2, 0.25) is 0 Å². The van der Waals surface area contributed by atoms with Crippen LogP contribution in [-0.4, -0.2) is 30.8 Å². The van der Waals surface area contributed by atoms with Gasteiger partial charge in [-0.2, -0.15) is 0 Å². The zero-order chi connectivity index (χ0) is 17.0. The van der Waals surface area contributed by atoms with E-state index in [0.717, 1.165) is 12.1 Å². The third kappa shape index (κ3) is 3.91. The Labute approximate surface area is 132 Å². The first kappa shape index (κ1) is 16.6. The van der Waals surface area contributed by atoms with Crippen molar-refractivity contribution in [2.45, 2.75) is 6.54 Å². The van der Waals surface area contributed by atoms with E-state index in [2.05, 4.69) is 5.32 Å². The van der Waals surface area contributed by atoms with Crippen LogP contribution in [0.25, 0.3) is 0 Å². The summed E-state index contributed by atoms with van der Waals surface area (Å²) in [6.07, 6.45) is 0. The molecule has 1 N–H and O–H groups in total. The number of rotatable bonds is 4. The Morgan fingerprint density at radius 3 is 2.09 bits per heavy atom. The van der Waals surface area contributed by atoms with Crippen LogP contribution < -0.4 is 5.32 Å². The minimum atomic E-state index is -0.908. The van der Waals surface area contributed by atoms with Gasteiger partial charge in [0.05, 0.1) is 0 Å². The first-order chi connectivity index (χ1) is 10.9. The van der Waals surface area contributed by atoms with Crippen LogP contribution in [-0.2, 0) is 6.54 Å². The summed E-state index contributed by atoms with van der Waals surface area (Å²) in [5.41, 5.74) is 0.627. The Hall–Kier alpha value is -2.76. The molecule has 0 unspecified atom stereocenters. The van der Waals surface area contributed by atoms with Gasteiger partial charge < -0.3 is 10.2 Å². The molecular weight excluding hydrogens is 302 g/mol. The van der Waals surface area contributed by atoms with Gasteiger partial charge in [0.1, 0.15) is 17.2 Å². The molecule has 0 radical (unpaired) electrons. The number of nitrogens with one attached hydrogen (secondary N) is 1. The summed E-state index contributed by atoms with van der Waals surface area (Å²) in [5.74, 6) is -2.77. The molecule has 0 aliphatic heterocycles. The number of halogens is 2. The van der Waals surface area contributed by atoms with E-state index in [9.17, 15) is 18.4 Å². The summed E-state index contributed by atoms with van der Waals surface area (Å²) in [5, 5.41) is 2.45. The molecule has 4 nitrogen and oxygen atoms in total. The number of carbonyl (C=O) groups is 2. The number of nitrogens with zero attached hydrogens (tertiary/aromatic N) is 1. The monoisotopic (exact) mass is 318 g/mol. The fraction of sp³-hybridized carbons (Fsp3) is 0.176. The second-order valence-corrected chi connectivity index (χ2v) is 5.18. The molecule has 23 heavy (non-hydrogen) atoms. The predicted molar refractivity (Wildman–Crippen MR) is 82.0 cm³/mol. The van der Waals surface area contributed by atoms with E-state index in [1.165, 1.54) is 11.0 Å². The molecule has 0 heterocycles. The quantitative estimate of drug-likeness (QED) is 0.942. The highest BCUT2D eigenvalue weighted by atomic mass is 19.1. The van der Waals surface area contributed by atoms with Crippen molar-refractivity contribution >= 4 is 11.8 Å². The summed E-state index contributed by atoms with van der Waals surface area (Å²) in [6, 6.07) is 9.87. The molecule has 0 saturated heterocycles. The average molecular weight is 318 g/mol. The van der Waals surface area contributed by atoms with Gasteiger partial charge in [0.15, 0.2) is 0 Å². The zero-order valence-electron chi connectivity index (χ0n) is 12.8. The van der Waals surface area contributed by atoms with E-state index in [0.29, 0.717) is 11.1 Å². The fourth-order valence-electron chi connectivity index (χ4n) is 2.01. The van der Waals surface area contributed by atoms with Crippen molar-refractivity contribution in [2.24, 2.45) is 0 Å². The zero-order valence-corrected chi connectivity index (χ0v) is 12.8. The van der Waals surface area contributed by atoms with Crippen LogP contribution >= 0.6 is 0 Å². The number of hydrogen-bond donors (Lipinski definition) is 1. The smallest absolute Gasteiger partial charge is 0.257 e. The molecule has 0 aliphatic rings. The maximum absolute atomic E-state index is 13.5. The van der Waals surface area contributed by atoms with Crippen LogP contribution in [0.4, 0.5) is 8.78 Å². The second kappa shape index (κ2) is 7.00. The lowest BCUT2D eigenvalue weighted by Gasteiger charge is -2.11. The molecule has 0 atom stereocenters. The van der Waals surface area contributed by atoms with E-state index in [1.807, 2.05) is 0 Å². The van der Waals surface area contributed by atoms with E-state index in [4.69, 9.17) is 0 Å². The number of hydrogen-bond acceptors (Lipinski definition) is 2. The Morgan fingerprint density at radius 2 is 1.57 bits per heavy atom. The normalized spacial score (nSPS) is 10.3. The second-order valence-electron chi connectivity index (χ2n) is 5.18. The lowest BCUT2D eigenvalue weighted by molar-refractivity contribution is 0.0827. The molecule has 0 spiro atoms. The van der Waals surface area contributed by atoms with Gasteiger partial charge in [0, 0.05) is 26.2 Å². The minimum Gasteiger partial charge on any atom is -0.348 e. The van der Waals surface area contributed by atoms with Gasteiger partial charge in [0.25, 0.3) is 11.8 Å². The Bertz CT molecular complexity index is 708. The highest BCUT2D eigenvalue weighted by Crippen LogP contribution is 2.12. The summed E-state index contributed by atoms with van der Waals surface area (Å²) in [6.45, 7) is 0.100. The molecule has 2 amide bonds. The first-order valence-electron chi connectivity index (χ1n) is 6.93. The molecule has 0 aliphatic carbocycles. The number of benzene rings is 2. The maximum Gasteiger partial charge on any atom is 0.257 e. The Kier molecular flexibility index (Phi) is 5.05. The van der Waals surface area contributed by atoms with Crippen molar-refractivity contribution in [3.8, 4) is 0 Å². The van der Waals surface area contributed by atoms with Crippen LogP contribution in [0.1, 0.15) is 26.3 Å². The minimum absolute atomic E-state index is 0.100. The van der Waals surface area contributed by atoms with Crippen molar-refractivity contribution in [3.63, 3.8) is 0 Å². The van der Waals surface area contributed by atoms with E-state index in [-0.39, 0.29) is 12.5 Å². The van der Waals surface area contributed by atoms with Crippen molar-refractivity contribution in [1.29, 1.82) is 0 Å². The number of carbonyl (C=O) groups excluding carboxylic acids is 2. The van der Waals surface area contributed by atoms with E-state index >= 15 is 0 Å². The van der Waals surface area contributed by atoms with Crippen LogP contribution in [0.2, 0.25) is 0 Å². The molecular formula is C17H16F2N2O2. The average Bonchev–Trinajstić information content (AvgIpc) is 2.52. The summed E-state index contributed by atoms with van der Waals surface area (Å²) < 4.78 is 27.0. The topological polar surface area (TPSA) is 49.4 Å². The van der Waals surface area contributed by atoms with Crippen LogP contribution in [0.15, 0.2) is 42.5 Å². The molecule has 0 bridgehead atoms. The highest BCUT2D eigenvalue weighted by Gasteiger charge is 2.16. The summed E-state index contributed by atoms with van der Waals surface area (Å²) >= 11 is 0. The van der Waals surface area contributed by atoms with Crippen molar-refractivity contribution < 1.29 is 18.4 Å². The highest BCUT2D eigenvalue weighted by molar-refractivity contribution is 5.95. The Balaban J connectivity index is 2.04. The van der Waals surface area contributed by atoms with Gasteiger partial charge in [-0.15, -0.1) is 0 Å². The molecule has 6 heteroatoms. The van der Waals surface area contributed by atoms with Gasteiger partial charge in [-0.3, -0.25) is 9.59 Å². The largest absolute Gasteiger partial charge is 0.348 e. The van der Waals surface area contributed by atoms with Gasteiger partial charge in [-0.05, 0) is 29.8 Å². The molecule has 120 valence electrons. The lowest BCUT2D eigenvalue weighted by atomic mass is 10.1. The molecule has 0 aromatic heterocycles. The van der Waals surface area contributed by atoms with Gasteiger partial charge in [-0.1, -0.05) is 18.2 Å².